The number of aryl methyl sites for hydroxylation is 2. The van der Waals surface area contributed by atoms with E-state index in [9.17, 15) is 0 Å². The van der Waals surface area contributed by atoms with Crippen LogP contribution in [0.3, 0.4) is 0 Å². The Morgan fingerprint density at radius 1 is 1.17 bits per heavy atom. The molecule has 96 valence electrons. The van der Waals surface area contributed by atoms with Crippen molar-refractivity contribution in [3.8, 4) is 10.6 Å². The second kappa shape index (κ2) is 4.39. The van der Waals surface area contributed by atoms with E-state index in [1.54, 1.807) is 11.3 Å². The van der Waals surface area contributed by atoms with E-state index in [1.165, 1.54) is 16.7 Å². The number of nitrogen functional groups attached to an aromatic ring is 1. The summed E-state index contributed by atoms with van der Waals surface area (Å²) in [6.07, 6.45) is 0. The predicted molar refractivity (Wildman–Crippen MR) is 80.1 cm³/mol. The topological polar surface area (TPSA) is 38.9 Å². The maximum atomic E-state index is 5.88. The minimum Gasteiger partial charge on any atom is -0.389 e. The van der Waals surface area contributed by atoms with Crippen LogP contribution in [0.1, 0.15) is 37.6 Å². The Kier molecular flexibility index (Phi) is 3.20. The molecule has 2 aromatic rings. The lowest BCUT2D eigenvalue weighted by Gasteiger charge is -2.20. The Balaban J connectivity index is 2.48. The first-order valence-corrected chi connectivity index (χ1v) is 6.95. The third-order valence-electron chi connectivity index (χ3n) is 3.16. The van der Waals surface area contributed by atoms with Gasteiger partial charge in [0.05, 0.1) is 5.69 Å². The fourth-order valence-electron chi connectivity index (χ4n) is 1.89. The number of anilines is 1. The van der Waals surface area contributed by atoms with E-state index in [0.29, 0.717) is 0 Å². The summed E-state index contributed by atoms with van der Waals surface area (Å²) < 4.78 is 0. The van der Waals surface area contributed by atoms with Gasteiger partial charge in [-0.05, 0) is 30.4 Å². The van der Waals surface area contributed by atoms with E-state index in [-0.39, 0.29) is 5.41 Å². The molecule has 1 aromatic heterocycles. The molecule has 2 nitrogen and oxygen atoms in total. The largest absolute Gasteiger partial charge is 0.389 e. The molecule has 0 atom stereocenters. The molecule has 0 aliphatic carbocycles. The van der Waals surface area contributed by atoms with Crippen LogP contribution in [0.25, 0.3) is 10.6 Å². The fourth-order valence-corrected chi connectivity index (χ4v) is 2.82. The molecule has 3 heteroatoms. The Morgan fingerprint density at radius 2 is 1.83 bits per heavy atom. The Bertz CT molecular complexity index is 557. The van der Waals surface area contributed by atoms with Crippen LogP contribution < -0.4 is 5.73 Å². The van der Waals surface area contributed by atoms with Crippen LogP contribution in [0.2, 0.25) is 0 Å². The van der Waals surface area contributed by atoms with Gasteiger partial charge >= 0.3 is 0 Å². The molecule has 0 spiro atoms. The maximum absolute atomic E-state index is 5.88. The zero-order valence-corrected chi connectivity index (χ0v) is 12.5. The van der Waals surface area contributed by atoms with E-state index in [0.717, 1.165) is 15.7 Å². The highest BCUT2D eigenvalue weighted by atomic mass is 32.1. The van der Waals surface area contributed by atoms with Gasteiger partial charge in [0.25, 0.3) is 0 Å². The van der Waals surface area contributed by atoms with Crippen molar-refractivity contribution in [2.45, 2.75) is 40.0 Å². The highest BCUT2D eigenvalue weighted by Gasteiger charge is 2.16. The lowest BCUT2D eigenvalue weighted by molar-refractivity contribution is 0.590. The van der Waals surface area contributed by atoms with Gasteiger partial charge in [0.1, 0.15) is 10.0 Å². The van der Waals surface area contributed by atoms with Gasteiger partial charge in [-0.25, -0.2) is 4.98 Å². The van der Waals surface area contributed by atoms with Crippen LogP contribution in [-0.2, 0) is 5.41 Å². The third kappa shape index (κ3) is 2.41. The van der Waals surface area contributed by atoms with Crippen LogP contribution in [0.15, 0.2) is 18.2 Å². The van der Waals surface area contributed by atoms with Crippen LogP contribution in [-0.4, -0.2) is 4.98 Å². The summed E-state index contributed by atoms with van der Waals surface area (Å²) in [5.41, 5.74) is 10.8. The van der Waals surface area contributed by atoms with Crippen molar-refractivity contribution < 1.29 is 0 Å². The van der Waals surface area contributed by atoms with Crippen LogP contribution in [0.4, 0.5) is 5.00 Å². The second-order valence-electron chi connectivity index (χ2n) is 5.75. The van der Waals surface area contributed by atoms with Gasteiger partial charge in [0, 0.05) is 5.56 Å². The minimum atomic E-state index is 0.182. The van der Waals surface area contributed by atoms with Crippen molar-refractivity contribution in [3.63, 3.8) is 0 Å². The van der Waals surface area contributed by atoms with Crippen LogP contribution in [0.5, 0.6) is 0 Å². The molecule has 2 rings (SSSR count). The molecule has 0 aliphatic rings. The van der Waals surface area contributed by atoms with Crippen molar-refractivity contribution in [1.82, 2.24) is 4.98 Å². The SMILES string of the molecule is Cc1cc(C(C)(C)C)ccc1-c1nc(C)c(N)s1. The van der Waals surface area contributed by atoms with E-state index < -0.39 is 0 Å². The van der Waals surface area contributed by atoms with E-state index >= 15 is 0 Å². The molecule has 0 saturated carbocycles. The molecule has 0 unspecified atom stereocenters. The summed E-state index contributed by atoms with van der Waals surface area (Å²) in [5.74, 6) is 0. The predicted octanol–water partition coefficient (Wildman–Crippen LogP) is 4.31. The molecule has 0 radical (unpaired) electrons. The standard InChI is InChI=1S/C15H20N2S/c1-9-8-11(15(3,4)5)6-7-12(9)14-17-10(2)13(16)18-14/h6-8H,16H2,1-5H3. The molecule has 0 fully saturated rings. The first-order valence-electron chi connectivity index (χ1n) is 6.13. The molecule has 0 saturated heterocycles. The quantitative estimate of drug-likeness (QED) is 0.830. The van der Waals surface area contributed by atoms with Crippen molar-refractivity contribution >= 4 is 16.3 Å². The van der Waals surface area contributed by atoms with Gasteiger partial charge in [-0.2, -0.15) is 0 Å². The second-order valence-corrected chi connectivity index (χ2v) is 6.78. The summed E-state index contributed by atoms with van der Waals surface area (Å²) in [7, 11) is 0. The van der Waals surface area contributed by atoms with Crippen molar-refractivity contribution in [3.05, 3.63) is 35.0 Å². The number of nitrogens with zero attached hydrogens (tertiary/aromatic N) is 1. The highest BCUT2D eigenvalue weighted by Crippen LogP contribution is 2.33. The molecule has 0 amide bonds. The first kappa shape index (κ1) is 13.1. The number of benzene rings is 1. The smallest absolute Gasteiger partial charge is 0.125 e. The zero-order chi connectivity index (χ0) is 13.5. The van der Waals surface area contributed by atoms with Crippen molar-refractivity contribution in [1.29, 1.82) is 0 Å². The number of thiazole rings is 1. The Hall–Kier alpha value is -1.35. The van der Waals surface area contributed by atoms with Gasteiger partial charge in [0.2, 0.25) is 0 Å². The van der Waals surface area contributed by atoms with Crippen molar-refractivity contribution in [2.75, 3.05) is 5.73 Å². The van der Waals surface area contributed by atoms with Gasteiger partial charge in [0.15, 0.2) is 0 Å². The summed E-state index contributed by atoms with van der Waals surface area (Å²) in [6, 6.07) is 6.60. The monoisotopic (exact) mass is 260 g/mol. The van der Waals surface area contributed by atoms with Crippen molar-refractivity contribution in [2.24, 2.45) is 0 Å². The minimum absolute atomic E-state index is 0.182. The van der Waals surface area contributed by atoms with E-state index in [4.69, 9.17) is 5.73 Å². The van der Waals surface area contributed by atoms with E-state index in [2.05, 4.69) is 50.9 Å². The van der Waals surface area contributed by atoms with Crippen LogP contribution >= 0.6 is 11.3 Å². The average Bonchev–Trinajstić information content (AvgIpc) is 2.57. The molecular weight excluding hydrogens is 240 g/mol. The average molecular weight is 260 g/mol. The molecular formula is C15H20N2S. The third-order valence-corrected chi connectivity index (χ3v) is 4.18. The summed E-state index contributed by atoms with van der Waals surface area (Å²) in [5, 5.41) is 1.83. The summed E-state index contributed by atoms with van der Waals surface area (Å²) in [6.45, 7) is 10.8. The fraction of sp³-hybridized carbons (Fsp3) is 0.400. The molecule has 2 N–H and O–H groups in total. The molecule has 1 heterocycles. The maximum Gasteiger partial charge on any atom is 0.125 e. The van der Waals surface area contributed by atoms with Gasteiger partial charge in [-0.3, -0.25) is 0 Å². The Labute approximate surface area is 113 Å². The first-order chi connectivity index (χ1) is 8.29. The molecule has 0 aliphatic heterocycles. The number of aromatic nitrogens is 1. The lowest BCUT2D eigenvalue weighted by Crippen LogP contribution is -2.11. The number of hydrogen-bond acceptors (Lipinski definition) is 3. The number of nitrogens with two attached hydrogens (primary N) is 1. The highest BCUT2D eigenvalue weighted by molar-refractivity contribution is 7.18. The summed E-state index contributed by atoms with van der Waals surface area (Å²) in [4.78, 5) is 4.53. The lowest BCUT2D eigenvalue weighted by atomic mass is 9.85. The van der Waals surface area contributed by atoms with Gasteiger partial charge in [-0.15, -0.1) is 0 Å². The molecule has 18 heavy (non-hydrogen) atoms. The normalized spacial score (nSPS) is 11.8. The number of hydrogen-bond donors (Lipinski definition) is 1. The Morgan fingerprint density at radius 3 is 2.28 bits per heavy atom. The van der Waals surface area contributed by atoms with Gasteiger partial charge < -0.3 is 5.73 Å². The van der Waals surface area contributed by atoms with E-state index in [1.807, 2.05) is 6.92 Å². The molecule has 1 aromatic carbocycles. The van der Waals surface area contributed by atoms with Gasteiger partial charge in [-0.1, -0.05) is 50.3 Å². The van der Waals surface area contributed by atoms with Crippen LogP contribution in [0, 0.1) is 13.8 Å². The number of rotatable bonds is 1. The zero-order valence-electron chi connectivity index (χ0n) is 11.7. The molecule has 0 bridgehead atoms. The summed E-state index contributed by atoms with van der Waals surface area (Å²) >= 11 is 1.56.